The van der Waals surface area contributed by atoms with Gasteiger partial charge in [0.05, 0.1) is 12.1 Å². The van der Waals surface area contributed by atoms with E-state index in [1.165, 1.54) is 6.07 Å². The Bertz CT molecular complexity index is 326. The third-order valence-corrected chi connectivity index (χ3v) is 2.26. The summed E-state index contributed by atoms with van der Waals surface area (Å²) in [6.07, 6.45) is 0. The van der Waals surface area contributed by atoms with E-state index in [2.05, 4.69) is 0 Å². The standard InChI is InChI=1S/C10H15FN2O/c1-10(13,6-14)8-3-2-7(5-12)9(11)4-8/h2-4,14H,5-6,12-13H2,1H3/t10-/m1/s1. The smallest absolute Gasteiger partial charge is 0.128 e. The highest BCUT2D eigenvalue weighted by Gasteiger charge is 2.20. The Morgan fingerprint density at radius 1 is 1.50 bits per heavy atom. The minimum absolute atomic E-state index is 0.159. The molecule has 0 fully saturated rings. The Morgan fingerprint density at radius 2 is 2.14 bits per heavy atom. The molecule has 0 aliphatic rings. The van der Waals surface area contributed by atoms with Crippen LogP contribution in [0.2, 0.25) is 0 Å². The Morgan fingerprint density at radius 3 is 2.57 bits per heavy atom. The summed E-state index contributed by atoms with van der Waals surface area (Å²) in [6, 6.07) is 4.59. The fourth-order valence-electron chi connectivity index (χ4n) is 1.16. The van der Waals surface area contributed by atoms with Crippen molar-refractivity contribution in [2.45, 2.75) is 19.0 Å². The molecule has 0 saturated heterocycles. The van der Waals surface area contributed by atoms with Crippen molar-refractivity contribution in [1.29, 1.82) is 0 Å². The molecule has 0 saturated carbocycles. The highest BCUT2D eigenvalue weighted by molar-refractivity contribution is 5.29. The molecule has 0 amide bonds. The molecule has 0 heterocycles. The van der Waals surface area contributed by atoms with Gasteiger partial charge in [-0.3, -0.25) is 0 Å². The zero-order valence-corrected chi connectivity index (χ0v) is 8.13. The molecule has 0 aromatic heterocycles. The lowest BCUT2D eigenvalue weighted by molar-refractivity contribution is 0.209. The highest BCUT2D eigenvalue weighted by atomic mass is 19.1. The van der Waals surface area contributed by atoms with E-state index in [9.17, 15) is 4.39 Å². The fourth-order valence-corrected chi connectivity index (χ4v) is 1.16. The van der Waals surface area contributed by atoms with Gasteiger partial charge in [0.1, 0.15) is 5.82 Å². The van der Waals surface area contributed by atoms with Crippen molar-refractivity contribution < 1.29 is 9.50 Å². The Kier molecular flexibility index (Phi) is 3.21. The van der Waals surface area contributed by atoms with Crippen molar-refractivity contribution in [3.63, 3.8) is 0 Å². The molecular weight excluding hydrogens is 183 g/mol. The minimum Gasteiger partial charge on any atom is -0.394 e. The molecule has 0 unspecified atom stereocenters. The van der Waals surface area contributed by atoms with Gasteiger partial charge in [0, 0.05) is 12.1 Å². The third-order valence-electron chi connectivity index (χ3n) is 2.26. The lowest BCUT2D eigenvalue weighted by Gasteiger charge is -2.22. The van der Waals surface area contributed by atoms with E-state index in [0.29, 0.717) is 11.1 Å². The number of hydrogen-bond donors (Lipinski definition) is 3. The maximum absolute atomic E-state index is 13.3. The van der Waals surface area contributed by atoms with Crippen LogP contribution < -0.4 is 11.5 Å². The molecule has 0 aliphatic carbocycles. The maximum atomic E-state index is 13.3. The lowest BCUT2D eigenvalue weighted by atomic mass is 9.93. The molecule has 1 atom stereocenters. The quantitative estimate of drug-likeness (QED) is 0.660. The van der Waals surface area contributed by atoms with Gasteiger partial charge in [-0.05, 0) is 18.6 Å². The number of rotatable bonds is 3. The van der Waals surface area contributed by atoms with E-state index in [-0.39, 0.29) is 19.0 Å². The molecule has 1 rings (SSSR count). The van der Waals surface area contributed by atoms with Gasteiger partial charge in [0.15, 0.2) is 0 Å². The Balaban J connectivity index is 3.08. The molecule has 1 aromatic rings. The van der Waals surface area contributed by atoms with Crippen LogP contribution in [-0.2, 0) is 12.1 Å². The van der Waals surface area contributed by atoms with Crippen LogP contribution in [0.15, 0.2) is 18.2 Å². The topological polar surface area (TPSA) is 72.3 Å². The predicted molar refractivity (Wildman–Crippen MR) is 52.9 cm³/mol. The first-order chi connectivity index (χ1) is 6.51. The normalized spacial score (nSPS) is 15.2. The maximum Gasteiger partial charge on any atom is 0.128 e. The summed E-state index contributed by atoms with van der Waals surface area (Å²) >= 11 is 0. The Hall–Kier alpha value is -0.970. The van der Waals surface area contributed by atoms with Crippen LogP contribution in [0.25, 0.3) is 0 Å². The molecule has 0 aliphatic heterocycles. The number of halogens is 1. The van der Waals surface area contributed by atoms with E-state index < -0.39 is 5.54 Å². The fraction of sp³-hybridized carbons (Fsp3) is 0.400. The molecule has 0 spiro atoms. The first kappa shape index (κ1) is 11.1. The third kappa shape index (κ3) is 2.09. The van der Waals surface area contributed by atoms with Gasteiger partial charge >= 0.3 is 0 Å². The van der Waals surface area contributed by atoms with E-state index in [1.807, 2.05) is 0 Å². The second-order valence-corrected chi connectivity index (χ2v) is 3.59. The molecule has 0 radical (unpaired) electrons. The number of benzene rings is 1. The highest BCUT2D eigenvalue weighted by Crippen LogP contribution is 2.19. The molecule has 14 heavy (non-hydrogen) atoms. The molecule has 3 nitrogen and oxygen atoms in total. The van der Waals surface area contributed by atoms with Crippen LogP contribution in [0.5, 0.6) is 0 Å². The van der Waals surface area contributed by atoms with E-state index >= 15 is 0 Å². The summed E-state index contributed by atoms with van der Waals surface area (Å²) < 4.78 is 13.3. The van der Waals surface area contributed by atoms with Crippen molar-refractivity contribution in [1.82, 2.24) is 0 Å². The van der Waals surface area contributed by atoms with Crippen molar-refractivity contribution >= 4 is 0 Å². The molecular formula is C10H15FN2O. The zero-order chi connectivity index (χ0) is 10.8. The van der Waals surface area contributed by atoms with Gasteiger partial charge in [-0.1, -0.05) is 12.1 Å². The van der Waals surface area contributed by atoms with Gasteiger partial charge in [-0.25, -0.2) is 4.39 Å². The second-order valence-electron chi connectivity index (χ2n) is 3.59. The monoisotopic (exact) mass is 198 g/mol. The largest absolute Gasteiger partial charge is 0.394 e. The summed E-state index contributed by atoms with van der Waals surface area (Å²) in [5.41, 5.74) is 11.2. The van der Waals surface area contributed by atoms with Crippen molar-refractivity contribution in [2.75, 3.05) is 6.61 Å². The predicted octanol–water partition coefficient (Wildman–Crippen LogP) is 0.451. The average Bonchev–Trinajstić information content (AvgIpc) is 2.17. The van der Waals surface area contributed by atoms with E-state index in [1.54, 1.807) is 19.1 Å². The molecule has 0 bridgehead atoms. The number of hydrogen-bond acceptors (Lipinski definition) is 3. The Labute approximate surface area is 82.5 Å². The van der Waals surface area contributed by atoms with Crippen LogP contribution in [0.1, 0.15) is 18.1 Å². The lowest BCUT2D eigenvalue weighted by Crippen LogP contribution is -2.37. The van der Waals surface area contributed by atoms with Crippen molar-refractivity contribution in [3.8, 4) is 0 Å². The average molecular weight is 198 g/mol. The van der Waals surface area contributed by atoms with Crippen molar-refractivity contribution in [3.05, 3.63) is 35.1 Å². The molecule has 78 valence electrons. The molecule has 1 aromatic carbocycles. The summed E-state index contributed by atoms with van der Waals surface area (Å²) in [6.45, 7) is 1.57. The minimum atomic E-state index is -0.909. The van der Waals surface area contributed by atoms with Gasteiger partial charge in [0.25, 0.3) is 0 Å². The van der Waals surface area contributed by atoms with Crippen molar-refractivity contribution in [2.24, 2.45) is 11.5 Å². The van der Waals surface area contributed by atoms with E-state index in [0.717, 1.165) is 0 Å². The second kappa shape index (κ2) is 4.04. The first-order valence-corrected chi connectivity index (χ1v) is 4.40. The summed E-state index contributed by atoms with van der Waals surface area (Å²) in [4.78, 5) is 0. The SMILES string of the molecule is C[C@@](N)(CO)c1ccc(CN)c(F)c1. The number of aliphatic hydroxyl groups excluding tert-OH is 1. The van der Waals surface area contributed by atoms with Gasteiger partial charge in [-0.15, -0.1) is 0 Å². The van der Waals surface area contributed by atoms with Gasteiger partial charge in [0.2, 0.25) is 0 Å². The van der Waals surface area contributed by atoms with Crippen LogP contribution >= 0.6 is 0 Å². The van der Waals surface area contributed by atoms with Crippen LogP contribution in [0.4, 0.5) is 4.39 Å². The zero-order valence-electron chi connectivity index (χ0n) is 8.13. The van der Waals surface area contributed by atoms with Gasteiger partial charge in [-0.2, -0.15) is 0 Å². The molecule has 5 N–H and O–H groups in total. The van der Waals surface area contributed by atoms with Gasteiger partial charge < -0.3 is 16.6 Å². The summed E-state index contributed by atoms with van der Waals surface area (Å²) in [5.74, 6) is -0.380. The first-order valence-electron chi connectivity index (χ1n) is 4.40. The summed E-state index contributed by atoms with van der Waals surface area (Å²) in [7, 11) is 0. The van der Waals surface area contributed by atoms with Crippen LogP contribution in [0.3, 0.4) is 0 Å². The number of aliphatic hydroxyl groups is 1. The van der Waals surface area contributed by atoms with Crippen LogP contribution in [-0.4, -0.2) is 11.7 Å². The number of nitrogens with two attached hydrogens (primary N) is 2. The van der Waals surface area contributed by atoms with E-state index in [4.69, 9.17) is 16.6 Å². The molecule has 4 heteroatoms. The van der Waals surface area contributed by atoms with Crippen LogP contribution in [0, 0.1) is 5.82 Å². The summed E-state index contributed by atoms with van der Waals surface area (Å²) in [5, 5.41) is 8.99.